The molecule has 0 aliphatic carbocycles. The van der Waals surface area contributed by atoms with Gasteiger partial charge in [-0.1, -0.05) is 44.0 Å². The van der Waals surface area contributed by atoms with E-state index >= 15 is 0 Å². The molecule has 5 heteroatoms. The van der Waals surface area contributed by atoms with Crippen LogP contribution in [0.1, 0.15) is 17.9 Å². The van der Waals surface area contributed by atoms with Gasteiger partial charge in [-0.2, -0.15) is 0 Å². The van der Waals surface area contributed by atoms with Gasteiger partial charge in [0.05, 0.1) is 26.4 Å². The predicted molar refractivity (Wildman–Crippen MR) is 88.8 cm³/mol. The largest absolute Gasteiger partial charge is 0.382 e. The Balaban J connectivity index is 2.16. The van der Waals surface area contributed by atoms with E-state index in [-0.39, 0.29) is 0 Å². The van der Waals surface area contributed by atoms with Crippen molar-refractivity contribution in [3.63, 3.8) is 0 Å². The molecule has 3 nitrogen and oxygen atoms in total. The minimum atomic E-state index is 0.474. The molecule has 0 amide bonds. The molecule has 0 bridgehead atoms. The molecular weight excluding hydrogens is 388 g/mol. The van der Waals surface area contributed by atoms with E-state index in [0.29, 0.717) is 32.3 Å². The zero-order chi connectivity index (χ0) is 14.6. The molecular formula is C15H22Br2O3. The second-order valence-electron chi connectivity index (χ2n) is 4.41. The van der Waals surface area contributed by atoms with Gasteiger partial charge >= 0.3 is 0 Å². The molecule has 0 spiro atoms. The Morgan fingerprint density at radius 2 is 1.75 bits per heavy atom. The van der Waals surface area contributed by atoms with Crippen LogP contribution < -0.4 is 0 Å². The van der Waals surface area contributed by atoms with Crippen molar-refractivity contribution < 1.29 is 14.2 Å². The summed E-state index contributed by atoms with van der Waals surface area (Å²) in [5, 5.41) is 0.942. The van der Waals surface area contributed by atoms with Crippen molar-refractivity contribution in [1.29, 1.82) is 0 Å². The standard InChI is InChI=1S/C15H22Br2O3/c1-18-7-8-20-10-9-19-6-5-14(12-16)13-3-2-4-15(17)11-13/h2-4,11,14H,5-10,12H2,1H3. The Morgan fingerprint density at radius 3 is 2.40 bits per heavy atom. The molecule has 20 heavy (non-hydrogen) atoms. The van der Waals surface area contributed by atoms with Gasteiger partial charge in [-0.05, 0) is 30.0 Å². The number of rotatable bonds is 11. The van der Waals surface area contributed by atoms with Gasteiger partial charge in [-0.15, -0.1) is 0 Å². The Hall–Kier alpha value is 0.0600. The lowest BCUT2D eigenvalue weighted by molar-refractivity contribution is 0.0236. The minimum absolute atomic E-state index is 0.474. The number of ether oxygens (including phenoxy) is 3. The molecule has 0 aromatic heterocycles. The van der Waals surface area contributed by atoms with Crippen LogP contribution in [-0.2, 0) is 14.2 Å². The first-order chi connectivity index (χ1) is 9.77. The molecule has 114 valence electrons. The lowest BCUT2D eigenvalue weighted by Gasteiger charge is -2.15. The molecule has 0 fully saturated rings. The lowest BCUT2D eigenvalue weighted by Crippen LogP contribution is -2.11. The van der Waals surface area contributed by atoms with E-state index in [9.17, 15) is 0 Å². The summed E-state index contributed by atoms with van der Waals surface area (Å²) in [7, 11) is 1.67. The number of halogens is 2. The molecule has 0 aliphatic rings. The van der Waals surface area contributed by atoms with Crippen LogP contribution in [0.5, 0.6) is 0 Å². The lowest BCUT2D eigenvalue weighted by atomic mass is 9.98. The molecule has 0 radical (unpaired) electrons. The highest BCUT2D eigenvalue weighted by Crippen LogP contribution is 2.24. The average Bonchev–Trinajstić information content (AvgIpc) is 2.46. The summed E-state index contributed by atoms with van der Waals surface area (Å²) in [5.74, 6) is 0.474. The summed E-state index contributed by atoms with van der Waals surface area (Å²) < 4.78 is 17.0. The fraction of sp³-hybridized carbons (Fsp3) is 0.600. The van der Waals surface area contributed by atoms with Crippen molar-refractivity contribution in [2.75, 3.05) is 45.5 Å². The van der Waals surface area contributed by atoms with Crippen molar-refractivity contribution in [3.8, 4) is 0 Å². The van der Waals surface area contributed by atoms with Crippen molar-refractivity contribution >= 4 is 31.9 Å². The molecule has 0 saturated carbocycles. The topological polar surface area (TPSA) is 27.7 Å². The molecule has 1 rings (SSSR count). The maximum Gasteiger partial charge on any atom is 0.0701 e. The van der Waals surface area contributed by atoms with Crippen molar-refractivity contribution in [2.24, 2.45) is 0 Å². The SMILES string of the molecule is COCCOCCOCCC(CBr)c1cccc(Br)c1. The Morgan fingerprint density at radius 1 is 1.05 bits per heavy atom. The number of alkyl halides is 1. The van der Waals surface area contributed by atoms with Gasteiger partial charge in [-0.3, -0.25) is 0 Å². The smallest absolute Gasteiger partial charge is 0.0701 e. The highest BCUT2D eigenvalue weighted by molar-refractivity contribution is 9.10. The highest BCUT2D eigenvalue weighted by Gasteiger charge is 2.10. The zero-order valence-corrected chi connectivity index (χ0v) is 15.0. The zero-order valence-electron chi connectivity index (χ0n) is 11.8. The van der Waals surface area contributed by atoms with Gasteiger partial charge in [0.1, 0.15) is 0 Å². The number of hydrogen-bond donors (Lipinski definition) is 0. The van der Waals surface area contributed by atoms with Crippen molar-refractivity contribution in [1.82, 2.24) is 0 Å². The summed E-state index contributed by atoms with van der Waals surface area (Å²) >= 11 is 7.09. The second-order valence-corrected chi connectivity index (χ2v) is 5.98. The quantitative estimate of drug-likeness (QED) is 0.408. The Labute approximate surface area is 138 Å². The number of hydrogen-bond acceptors (Lipinski definition) is 3. The summed E-state index contributed by atoms with van der Waals surface area (Å²) in [5.41, 5.74) is 1.33. The molecule has 0 N–H and O–H groups in total. The van der Waals surface area contributed by atoms with Crippen LogP contribution >= 0.6 is 31.9 Å². The molecule has 1 atom stereocenters. The van der Waals surface area contributed by atoms with E-state index < -0.39 is 0 Å². The van der Waals surface area contributed by atoms with E-state index in [1.54, 1.807) is 7.11 Å². The van der Waals surface area contributed by atoms with E-state index in [0.717, 1.165) is 22.8 Å². The normalized spacial score (nSPS) is 12.6. The summed E-state index contributed by atoms with van der Waals surface area (Å²) in [6.07, 6.45) is 1.000. The second kappa shape index (κ2) is 11.7. The van der Waals surface area contributed by atoms with Crippen LogP contribution in [0.3, 0.4) is 0 Å². The first-order valence-corrected chi connectivity index (χ1v) is 8.65. The van der Waals surface area contributed by atoms with Gasteiger partial charge in [0, 0.05) is 23.5 Å². The Kier molecular flexibility index (Phi) is 10.6. The van der Waals surface area contributed by atoms with Gasteiger partial charge < -0.3 is 14.2 Å². The van der Waals surface area contributed by atoms with Crippen LogP contribution in [0.15, 0.2) is 28.7 Å². The maximum atomic E-state index is 5.60. The molecule has 0 heterocycles. The van der Waals surface area contributed by atoms with Crippen LogP contribution in [-0.4, -0.2) is 45.5 Å². The van der Waals surface area contributed by atoms with Gasteiger partial charge in [0.2, 0.25) is 0 Å². The first-order valence-electron chi connectivity index (χ1n) is 6.73. The van der Waals surface area contributed by atoms with E-state index in [1.807, 2.05) is 6.07 Å². The monoisotopic (exact) mass is 408 g/mol. The van der Waals surface area contributed by atoms with Crippen LogP contribution in [0.2, 0.25) is 0 Å². The molecule has 1 aromatic rings. The predicted octanol–water partition coefficient (Wildman–Crippen LogP) is 4.00. The number of benzene rings is 1. The van der Waals surface area contributed by atoms with Gasteiger partial charge in [0.15, 0.2) is 0 Å². The molecule has 0 aliphatic heterocycles. The van der Waals surface area contributed by atoms with Crippen molar-refractivity contribution in [3.05, 3.63) is 34.3 Å². The van der Waals surface area contributed by atoms with Crippen molar-refractivity contribution in [2.45, 2.75) is 12.3 Å². The third-order valence-corrected chi connectivity index (χ3v) is 4.20. The maximum absolute atomic E-state index is 5.60. The van der Waals surface area contributed by atoms with Crippen LogP contribution in [0, 0.1) is 0 Å². The highest BCUT2D eigenvalue weighted by atomic mass is 79.9. The van der Waals surface area contributed by atoms with E-state index in [2.05, 4.69) is 50.1 Å². The summed E-state index contributed by atoms with van der Waals surface area (Å²) in [4.78, 5) is 0. The van der Waals surface area contributed by atoms with Gasteiger partial charge in [-0.25, -0.2) is 0 Å². The first kappa shape index (κ1) is 18.1. The van der Waals surface area contributed by atoms with Crippen LogP contribution in [0.4, 0.5) is 0 Å². The number of methoxy groups -OCH3 is 1. The fourth-order valence-corrected chi connectivity index (χ4v) is 2.90. The average molecular weight is 410 g/mol. The molecule has 1 unspecified atom stereocenters. The third-order valence-electron chi connectivity index (χ3n) is 2.92. The summed E-state index contributed by atoms with van der Waals surface area (Å²) in [6.45, 7) is 3.27. The molecule has 1 aromatic carbocycles. The fourth-order valence-electron chi connectivity index (χ4n) is 1.78. The van der Waals surface area contributed by atoms with E-state index in [1.165, 1.54) is 5.56 Å². The summed E-state index contributed by atoms with van der Waals surface area (Å²) in [6, 6.07) is 8.44. The van der Waals surface area contributed by atoms with Crippen LogP contribution in [0.25, 0.3) is 0 Å². The van der Waals surface area contributed by atoms with Gasteiger partial charge in [0.25, 0.3) is 0 Å². The Bertz CT molecular complexity index is 361. The molecule has 0 saturated heterocycles. The van der Waals surface area contributed by atoms with E-state index in [4.69, 9.17) is 14.2 Å². The third kappa shape index (κ3) is 7.74. The minimum Gasteiger partial charge on any atom is -0.382 e.